The fraction of sp³-hybridized carbons (Fsp3) is 0.364. The molecular weight excluding hydrogens is 416 g/mol. The number of aryl methyl sites for hydroxylation is 1. The van der Waals surface area contributed by atoms with Gasteiger partial charge in [0.15, 0.2) is 0 Å². The van der Waals surface area contributed by atoms with E-state index in [0.717, 1.165) is 12.0 Å². The molecule has 0 aliphatic carbocycles. The Hall–Kier alpha value is -2.97. The first-order valence-corrected chi connectivity index (χ1v) is 10.6. The second-order valence-electron chi connectivity index (χ2n) is 7.63. The minimum atomic E-state index is -0.344. The summed E-state index contributed by atoms with van der Waals surface area (Å²) in [5.74, 6) is 0.454. The van der Waals surface area contributed by atoms with Crippen LogP contribution >= 0.6 is 11.6 Å². The Morgan fingerprint density at radius 2 is 2.00 bits per heavy atom. The van der Waals surface area contributed by atoms with Gasteiger partial charge in [-0.25, -0.2) is 4.68 Å². The van der Waals surface area contributed by atoms with Gasteiger partial charge in [0, 0.05) is 18.1 Å². The number of benzene rings is 2. The molecule has 162 valence electrons. The van der Waals surface area contributed by atoms with Crippen molar-refractivity contribution in [2.75, 3.05) is 19.0 Å². The number of tetrazole rings is 1. The van der Waals surface area contributed by atoms with Crippen LogP contribution in [0.25, 0.3) is 0 Å². The molecule has 31 heavy (non-hydrogen) atoms. The standard InChI is InChI=1S/C22H25ClN6O2/c1-3-15-4-6-16(7-5-15)12-28-13-18(29-14-24-26-27-29)11-20(28)22(30)25-19-10-17(23)8-9-21(19)31-2/h4-10,14,18,20H,3,11-13H2,1-2H3,(H,25,30)/t18-,20+/m1/s1. The number of hydrogen-bond acceptors (Lipinski definition) is 6. The van der Waals surface area contributed by atoms with Crippen LogP contribution in [0.15, 0.2) is 48.8 Å². The van der Waals surface area contributed by atoms with E-state index in [1.165, 1.54) is 5.56 Å². The van der Waals surface area contributed by atoms with Crippen LogP contribution in [0.5, 0.6) is 5.75 Å². The average Bonchev–Trinajstić information content (AvgIpc) is 3.44. The molecule has 0 spiro atoms. The van der Waals surface area contributed by atoms with Crippen molar-refractivity contribution in [3.63, 3.8) is 0 Å². The maximum absolute atomic E-state index is 13.3. The van der Waals surface area contributed by atoms with E-state index >= 15 is 0 Å². The number of anilines is 1. The topological polar surface area (TPSA) is 85.2 Å². The highest BCUT2D eigenvalue weighted by Gasteiger charge is 2.38. The zero-order valence-corrected chi connectivity index (χ0v) is 18.3. The third kappa shape index (κ3) is 4.86. The smallest absolute Gasteiger partial charge is 0.241 e. The summed E-state index contributed by atoms with van der Waals surface area (Å²) in [6.45, 7) is 3.47. The molecule has 9 heteroatoms. The summed E-state index contributed by atoms with van der Waals surface area (Å²) >= 11 is 6.13. The molecule has 0 radical (unpaired) electrons. The summed E-state index contributed by atoms with van der Waals surface area (Å²) < 4.78 is 7.09. The maximum atomic E-state index is 13.3. The number of halogens is 1. The van der Waals surface area contributed by atoms with Crippen LogP contribution in [-0.4, -0.2) is 50.7 Å². The lowest BCUT2D eigenvalue weighted by Crippen LogP contribution is -2.39. The van der Waals surface area contributed by atoms with E-state index in [4.69, 9.17) is 16.3 Å². The Balaban J connectivity index is 1.55. The molecule has 1 N–H and O–H groups in total. The largest absolute Gasteiger partial charge is 0.495 e. The van der Waals surface area contributed by atoms with E-state index in [9.17, 15) is 4.79 Å². The quantitative estimate of drug-likeness (QED) is 0.606. The number of rotatable bonds is 7. The summed E-state index contributed by atoms with van der Waals surface area (Å²) in [6.07, 6.45) is 3.20. The van der Waals surface area contributed by atoms with Gasteiger partial charge in [-0.3, -0.25) is 9.69 Å². The number of carbonyl (C=O) groups excluding carboxylic acids is 1. The van der Waals surface area contributed by atoms with Gasteiger partial charge in [-0.15, -0.1) is 5.10 Å². The van der Waals surface area contributed by atoms with Crippen LogP contribution in [0.1, 0.15) is 30.5 Å². The van der Waals surface area contributed by atoms with E-state index in [1.807, 2.05) is 0 Å². The summed E-state index contributed by atoms with van der Waals surface area (Å²) in [6, 6.07) is 13.4. The van der Waals surface area contributed by atoms with Crippen molar-refractivity contribution in [2.45, 2.75) is 38.4 Å². The molecular formula is C22H25ClN6O2. The third-order valence-corrected chi connectivity index (χ3v) is 5.89. The molecule has 4 rings (SSSR count). The number of nitrogens with zero attached hydrogens (tertiary/aromatic N) is 5. The van der Waals surface area contributed by atoms with Gasteiger partial charge in [0.1, 0.15) is 12.1 Å². The van der Waals surface area contributed by atoms with Gasteiger partial charge in [0.2, 0.25) is 5.91 Å². The molecule has 0 unspecified atom stereocenters. The summed E-state index contributed by atoms with van der Waals surface area (Å²) in [4.78, 5) is 15.5. The Bertz CT molecular complexity index is 1020. The van der Waals surface area contributed by atoms with Gasteiger partial charge in [-0.05, 0) is 52.6 Å². The predicted octanol–water partition coefficient (Wildman–Crippen LogP) is 3.35. The highest BCUT2D eigenvalue weighted by Crippen LogP contribution is 2.32. The fourth-order valence-electron chi connectivity index (χ4n) is 3.96. The van der Waals surface area contributed by atoms with Gasteiger partial charge in [-0.2, -0.15) is 0 Å². The first-order chi connectivity index (χ1) is 15.1. The SMILES string of the molecule is CCc1ccc(CN2C[C@H](n3cnnn3)C[C@H]2C(=O)Nc2cc(Cl)ccc2OC)cc1. The van der Waals surface area contributed by atoms with Crippen molar-refractivity contribution in [2.24, 2.45) is 0 Å². The Kier molecular flexibility index (Phi) is 6.48. The molecule has 1 amide bonds. The molecule has 3 aromatic rings. The molecule has 8 nitrogen and oxygen atoms in total. The van der Waals surface area contributed by atoms with Crippen LogP contribution in [0.4, 0.5) is 5.69 Å². The van der Waals surface area contributed by atoms with E-state index in [1.54, 1.807) is 36.3 Å². The highest BCUT2D eigenvalue weighted by atomic mass is 35.5. The fourth-order valence-corrected chi connectivity index (χ4v) is 4.14. The van der Waals surface area contributed by atoms with Crippen molar-refractivity contribution >= 4 is 23.2 Å². The lowest BCUT2D eigenvalue weighted by Gasteiger charge is -2.24. The number of hydrogen-bond donors (Lipinski definition) is 1. The molecule has 2 aromatic carbocycles. The first-order valence-electron chi connectivity index (χ1n) is 10.3. The van der Waals surface area contributed by atoms with Crippen LogP contribution < -0.4 is 10.1 Å². The van der Waals surface area contributed by atoms with Gasteiger partial charge in [-0.1, -0.05) is 42.8 Å². The number of ether oxygens (including phenoxy) is 1. The van der Waals surface area contributed by atoms with Gasteiger partial charge in [0.05, 0.1) is 24.9 Å². The lowest BCUT2D eigenvalue weighted by atomic mass is 10.1. The normalized spacial score (nSPS) is 18.8. The number of methoxy groups -OCH3 is 1. The zero-order chi connectivity index (χ0) is 21.8. The summed E-state index contributed by atoms with van der Waals surface area (Å²) in [5, 5.41) is 15.1. The molecule has 1 aliphatic rings. The Morgan fingerprint density at radius 3 is 2.68 bits per heavy atom. The van der Waals surface area contributed by atoms with Gasteiger partial charge in [0.25, 0.3) is 0 Å². The van der Waals surface area contributed by atoms with Crippen molar-refractivity contribution in [1.29, 1.82) is 0 Å². The minimum absolute atomic E-state index is 0.0157. The molecule has 2 heterocycles. The molecule has 1 fully saturated rings. The maximum Gasteiger partial charge on any atom is 0.241 e. The zero-order valence-electron chi connectivity index (χ0n) is 17.5. The second-order valence-corrected chi connectivity index (χ2v) is 8.06. The molecule has 1 aromatic heterocycles. The van der Waals surface area contributed by atoms with E-state index in [2.05, 4.69) is 56.9 Å². The van der Waals surface area contributed by atoms with Crippen LogP contribution in [0.2, 0.25) is 5.02 Å². The summed E-state index contributed by atoms with van der Waals surface area (Å²) in [5.41, 5.74) is 3.00. The highest BCUT2D eigenvalue weighted by molar-refractivity contribution is 6.31. The van der Waals surface area contributed by atoms with Crippen molar-refractivity contribution in [3.8, 4) is 5.75 Å². The monoisotopic (exact) mass is 440 g/mol. The van der Waals surface area contributed by atoms with Crippen LogP contribution in [-0.2, 0) is 17.8 Å². The molecule has 1 aliphatic heterocycles. The van der Waals surface area contributed by atoms with Crippen molar-refractivity contribution in [3.05, 3.63) is 64.9 Å². The minimum Gasteiger partial charge on any atom is -0.495 e. The molecule has 0 bridgehead atoms. The van der Waals surface area contributed by atoms with E-state index in [0.29, 0.717) is 36.0 Å². The number of carbonyl (C=O) groups is 1. The first kappa shape index (κ1) is 21.3. The number of nitrogens with one attached hydrogen (secondary N) is 1. The summed E-state index contributed by atoms with van der Waals surface area (Å²) in [7, 11) is 1.56. The second kappa shape index (κ2) is 9.45. The molecule has 0 saturated carbocycles. The molecule has 2 atom stereocenters. The van der Waals surface area contributed by atoms with Crippen molar-refractivity contribution < 1.29 is 9.53 Å². The van der Waals surface area contributed by atoms with Gasteiger partial charge >= 0.3 is 0 Å². The van der Waals surface area contributed by atoms with Crippen LogP contribution in [0.3, 0.4) is 0 Å². The number of aromatic nitrogens is 4. The van der Waals surface area contributed by atoms with E-state index < -0.39 is 0 Å². The van der Waals surface area contributed by atoms with Crippen molar-refractivity contribution in [1.82, 2.24) is 25.1 Å². The van der Waals surface area contributed by atoms with Crippen LogP contribution in [0, 0.1) is 0 Å². The Labute approximate surface area is 186 Å². The lowest BCUT2D eigenvalue weighted by molar-refractivity contribution is -0.120. The van der Waals surface area contributed by atoms with E-state index in [-0.39, 0.29) is 18.0 Å². The van der Waals surface area contributed by atoms with Gasteiger partial charge < -0.3 is 10.1 Å². The predicted molar refractivity (Wildman–Crippen MR) is 118 cm³/mol. The average molecular weight is 441 g/mol. The third-order valence-electron chi connectivity index (χ3n) is 5.66. The Morgan fingerprint density at radius 1 is 1.23 bits per heavy atom. The number of likely N-dealkylation sites (tertiary alicyclic amines) is 1. The molecule has 1 saturated heterocycles. The number of amides is 1.